The normalized spacial score (nSPS) is 13.5. The van der Waals surface area contributed by atoms with Gasteiger partial charge in [0.1, 0.15) is 5.75 Å². The number of carbonyl (C=O) groups excluding carboxylic acids is 1. The van der Waals surface area contributed by atoms with Gasteiger partial charge in [-0.25, -0.2) is 8.42 Å². The quantitative estimate of drug-likeness (QED) is 0.356. The maximum Gasteiger partial charge on any atom is 0.471 e. The summed E-state index contributed by atoms with van der Waals surface area (Å²) in [4.78, 5) is 10.7. The standard InChI is InChI=1S/C17H15BF4N2O5S/c19-4-3-9-5-11(23-16(26)17(20,21)22)1-2-15(9)30(27,28)24-13-7-12-10(6-14(13)25)8-29-18-12/h1-2,5-7,18,24-25H,3-4,8H2,(H,23,26). The van der Waals surface area contributed by atoms with Gasteiger partial charge in [-0.15, -0.1) is 0 Å². The first-order valence-electron chi connectivity index (χ1n) is 8.53. The van der Waals surface area contributed by atoms with Crippen LogP contribution in [0.25, 0.3) is 0 Å². The summed E-state index contributed by atoms with van der Waals surface area (Å²) >= 11 is 0. The topological polar surface area (TPSA) is 105 Å². The molecule has 0 saturated carbocycles. The van der Waals surface area contributed by atoms with E-state index in [1.165, 1.54) is 12.1 Å². The van der Waals surface area contributed by atoms with Crippen LogP contribution in [-0.2, 0) is 32.5 Å². The van der Waals surface area contributed by atoms with Crippen LogP contribution in [0.5, 0.6) is 5.75 Å². The highest BCUT2D eigenvalue weighted by molar-refractivity contribution is 7.92. The van der Waals surface area contributed by atoms with E-state index < -0.39 is 40.1 Å². The number of halogens is 4. The number of carbonyl (C=O) groups is 1. The molecule has 0 fully saturated rings. The van der Waals surface area contributed by atoms with Gasteiger partial charge < -0.3 is 15.1 Å². The fourth-order valence-corrected chi connectivity index (χ4v) is 4.23. The van der Waals surface area contributed by atoms with Crippen molar-refractivity contribution >= 4 is 40.3 Å². The second-order valence-corrected chi connectivity index (χ2v) is 8.10. The molecule has 1 heterocycles. The molecule has 1 amide bonds. The molecule has 30 heavy (non-hydrogen) atoms. The van der Waals surface area contributed by atoms with E-state index in [0.717, 1.165) is 18.2 Å². The summed E-state index contributed by atoms with van der Waals surface area (Å²) in [7, 11) is -4.09. The van der Waals surface area contributed by atoms with Gasteiger partial charge in [-0.3, -0.25) is 13.9 Å². The molecular formula is C17H15BF4N2O5S. The number of benzene rings is 2. The molecule has 160 valence electrons. The molecule has 0 atom stereocenters. The molecule has 2 aromatic carbocycles. The Kier molecular flexibility index (Phi) is 5.95. The Balaban J connectivity index is 1.92. The second kappa shape index (κ2) is 8.15. The zero-order chi connectivity index (χ0) is 22.1. The molecule has 7 nitrogen and oxygen atoms in total. The maximum absolute atomic E-state index is 12.9. The number of nitrogens with one attached hydrogen (secondary N) is 2. The third-order valence-electron chi connectivity index (χ3n) is 4.31. The van der Waals surface area contributed by atoms with E-state index in [1.807, 2.05) is 0 Å². The second-order valence-electron chi connectivity index (χ2n) is 6.45. The molecule has 1 aliphatic rings. The average Bonchev–Trinajstić information content (AvgIpc) is 3.08. The first-order chi connectivity index (χ1) is 14.0. The Bertz CT molecular complexity index is 1090. The summed E-state index contributed by atoms with van der Waals surface area (Å²) in [6.45, 7) is -0.706. The van der Waals surface area contributed by atoms with E-state index in [0.29, 0.717) is 11.0 Å². The number of sulfonamides is 1. The number of rotatable bonds is 6. The molecule has 0 radical (unpaired) electrons. The zero-order valence-corrected chi connectivity index (χ0v) is 16.0. The van der Waals surface area contributed by atoms with Crippen molar-refractivity contribution in [1.29, 1.82) is 0 Å². The highest BCUT2D eigenvalue weighted by Gasteiger charge is 2.38. The van der Waals surface area contributed by atoms with Crippen molar-refractivity contribution in [1.82, 2.24) is 0 Å². The average molecular weight is 446 g/mol. The van der Waals surface area contributed by atoms with Crippen molar-refractivity contribution in [2.75, 3.05) is 16.7 Å². The molecule has 1 aliphatic heterocycles. The number of phenolic OH excluding ortho intramolecular Hbond substituents is 1. The molecule has 0 aliphatic carbocycles. The van der Waals surface area contributed by atoms with Crippen LogP contribution in [0.1, 0.15) is 11.1 Å². The van der Waals surface area contributed by atoms with Crippen LogP contribution in [-0.4, -0.2) is 39.8 Å². The summed E-state index contributed by atoms with van der Waals surface area (Å²) in [6.07, 6.45) is -5.56. The number of amides is 1. The van der Waals surface area contributed by atoms with Crippen LogP contribution < -0.4 is 15.5 Å². The summed E-state index contributed by atoms with van der Waals surface area (Å²) in [5, 5.41) is 11.7. The number of anilines is 2. The molecule has 0 unspecified atom stereocenters. The van der Waals surface area contributed by atoms with Gasteiger partial charge in [-0.1, -0.05) is 0 Å². The molecule has 0 saturated heterocycles. The first kappa shape index (κ1) is 21.9. The van der Waals surface area contributed by atoms with Crippen LogP contribution in [0.3, 0.4) is 0 Å². The van der Waals surface area contributed by atoms with Gasteiger partial charge >= 0.3 is 19.6 Å². The summed E-state index contributed by atoms with van der Waals surface area (Å²) in [5.74, 6) is -2.59. The van der Waals surface area contributed by atoms with Crippen LogP contribution in [0.15, 0.2) is 35.2 Å². The third kappa shape index (κ3) is 4.67. The van der Waals surface area contributed by atoms with Gasteiger partial charge in [0, 0.05) is 12.1 Å². The number of hydrogen-bond donors (Lipinski definition) is 3. The molecular weight excluding hydrogens is 431 g/mol. The molecule has 0 aromatic heterocycles. The molecule has 13 heteroatoms. The number of aryl methyl sites for hydroxylation is 1. The Morgan fingerprint density at radius 1 is 1.23 bits per heavy atom. The number of fused-ring (bicyclic) bond motifs is 1. The Hall–Kier alpha value is -2.80. The minimum Gasteiger partial charge on any atom is -0.506 e. The fourth-order valence-electron chi connectivity index (χ4n) is 2.92. The van der Waals surface area contributed by atoms with Crippen molar-refractivity contribution < 1.29 is 40.5 Å². The predicted molar refractivity (Wildman–Crippen MR) is 101 cm³/mol. The first-order valence-corrected chi connectivity index (χ1v) is 10.0. The van der Waals surface area contributed by atoms with E-state index >= 15 is 0 Å². The molecule has 0 bridgehead atoms. The predicted octanol–water partition coefficient (Wildman–Crippen LogP) is 1.71. The third-order valence-corrected chi connectivity index (χ3v) is 5.77. The van der Waals surface area contributed by atoms with E-state index in [9.17, 15) is 35.9 Å². The van der Waals surface area contributed by atoms with Gasteiger partial charge in [0.2, 0.25) is 0 Å². The molecule has 0 spiro atoms. The van der Waals surface area contributed by atoms with Gasteiger partial charge in [0.25, 0.3) is 10.0 Å². The van der Waals surface area contributed by atoms with Crippen LogP contribution in [0.2, 0.25) is 0 Å². The lowest BCUT2D eigenvalue weighted by atomic mass is 9.87. The zero-order valence-electron chi connectivity index (χ0n) is 15.2. The number of alkyl halides is 4. The Morgan fingerprint density at radius 2 is 1.97 bits per heavy atom. The smallest absolute Gasteiger partial charge is 0.471 e. The molecule has 3 N–H and O–H groups in total. The van der Waals surface area contributed by atoms with Crippen molar-refractivity contribution in [3.05, 3.63) is 41.5 Å². The van der Waals surface area contributed by atoms with E-state index in [2.05, 4.69) is 4.72 Å². The van der Waals surface area contributed by atoms with Gasteiger partial charge in [-0.05, 0) is 46.9 Å². The van der Waals surface area contributed by atoms with Crippen molar-refractivity contribution in [3.8, 4) is 5.75 Å². The maximum atomic E-state index is 12.9. The minimum absolute atomic E-state index is 0.125. The lowest BCUT2D eigenvalue weighted by Gasteiger charge is -2.15. The summed E-state index contributed by atoms with van der Waals surface area (Å²) < 4.78 is 83.2. The van der Waals surface area contributed by atoms with E-state index in [4.69, 9.17) is 4.65 Å². The van der Waals surface area contributed by atoms with Gasteiger partial charge in [0.05, 0.1) is 23.9 Å². The van der Waals surface area contributed by atoms with Crippen LogP contribution >= 0.6 is 0 Å². The Morgan fingerprint density at radius 3 is 2.63 bits per heavy atom. The number of hydrogen-bond acceptors (Lipinski definition) is 5. The van der Waals surface area contributed by atoms with Crippen molar-refractivity contribution in [3.63, 3.8) is 0 Å². The monoisotopic (exact) mass is 446 g/mol. The van der Waals surface area contributed by atoms with Crippen molar-refractivity contribution in [2.45, 2.75) is 24.1 Å². The van der Waals surface area contributed by atoms with Gasteiger partial charge in [-0.2, -0.15) is 13.2 Å². The highest BCUT2D eigenvalue weighted by atomic mass is 32.2. The van der Waals surface area contributed by atoms with Crippen molar-refractivity contribution in [2.24, 2.45) is 0 Å². The van der Waals surface area contributed by atoms with Gasteiger partial charge in [0.15, 0.2) is 0 Å². The summed E-state index contributed by atoms with van der Waals surface area (Å²) in [5.41, 5.74) is 0.782. The fraction of sp³-hybridized carbons (Fsp3) is 0.235. The molecule has 2 aromatic rings. The summed E-state index contributed by atoms with van der Waals surface area (Å²) in [6, 6.07) is 5.62. The van der Waals surface area contributed by atoms with E-state index in [1.54, 1.807) is 5.32 Å². The lowest BCUT2D eigenvalue weighted by molar-refractivity contribution is -0.167. The lowest BCUT2D eigenvalue weighted by Crippen LogP contribution is -2.30. The SMILES string of the molecule is O=C(Nc1ccc(S(=O)(=O)Nc2cc3c(cc2O)COB3)c(CCF)c1)C(F)(F)F. The van der Waals surface area contributed by atoms with Crippen LogP contribution in [0.4, 0.5) is 28.9 Å². The molecule has 3 rings (SSSR count). The Labute approximate surface area is 169 Å². The largest absolute Gasteiger partial charge is 0.506 e. The highest BCUT2D eigenvalue weighted by Crippen LogP contribution is 2.30. The number of phenols is 1. The minimum atomic E-state index is -5.14. The number of aromatic hydroxyl groups is 1. The van der Waals surface area contributed by atoms with Crippen LogP contribution in [0, 0.1) is 0 Å². The van der Waals surface area contributed by atoms with E-state index in [-0.39, 0.29) is 36.8 Å².